The van der Waals surface area contributed by atoms with Crippen molar-refractivity contribution in [3.8, 4) is 0 Å². The van der Waals surface area contributed by atoms with Gasteiger partial charge in [-0.1, -0.05) is 23.7 Å². The summed E-state index contributed by atoms with van der Waals surface area (Å²) in [6.07, 6.45) is 2.99. The van der Waals surface area contributed by atoms with Crippen molar-refractivity contribution >= 4 is 23.2 Å². The third-order valence-corrected chi connectivity index (χ3v) is 2.41. The van der Waals surface area contributed by atoms with Gasteiger partial charge in [0.25, 0.3) is 5.69 Å². The topological polar surface area (TPSA) is 81.0 Å². The van der Waals surface area contributed by atoms with Crippen LogP contribution in [0.15, 0.2) is 36.7 Å². The molecule has 0 spiro atoms. The van der Waals surface area contributed by atoms with Crippen molar-refractivity contribution in [2.75, 3.05) is 5.32 Å². The first-order valence-corrected chi connectivity index (χ1v) is 5.48. The summed E-state index contributed by atoms with van der Waals surface area (Å²) in [5, 5.41) is 13.9. The van der Waals surface area contributed by atoms with E-state index < -0.39 is 4.92 Å². The summed E-state index contributed by atoms with van der Waals surface area (Å²) < 4.78 is 0. The number of non-ortho nitro benzene ring substituents is 1. The van der Waals surface area contributed by atoms with Gasteiger partial charge in [0.2, 0.25) is 5.95 Å². The molecule has 2 aromatic rings. The fraction of sp³-hybridized carbons (Fsp3) is 0.0909. The maximum Gasteiger partial charge on any atom is 0.269 e. The number of nitro benzene ring substituents is 1. The lowest BCUT2D eigenvalue weighted by molar-refractivity contribution is -0.384. The van der Waals surface area contributed by atoms with Crippen molar-refractivity contribution < 1.29 is 4.92 Å². The van der Waals surface area contributed by atoms with Crippen LogP contribution in [0, 0.1) is 10.1 Å². The summed E-state index contributed by atoms with van der Waals surface area (Å²) in [5.74, 6) is 0.456. The van der Waals surface area contributed by atoms with Gasteiger partial charge >= 0.3 is 0 Å². The van der Waals surface area contributed by atoms with Gasteiger partial charge in [0, 0.05) is 18.7 Å². The second-order valence-corrected chi connectivity index (χ2v) is 3.94. The van der Waals surface area contributed by atoms with Gasteiger partial charge in [-0.05, 0) is 5.56 Å². The zero-order chi connectivity index (χ0) is 13.0. The number of nitro groups is 1. The highest BCUT2D eigenvalue weighted by atomic mass is 35.5. The Kier molecular flexibility index (Phi) is 3.69. The zero-order valence-electron chi connectivity index (χ0n) is 9.21. The van der Waals surface area contributed by atoms with Crippen molar-refractivity contribution in [3.63, 3.8) is 0 Å². The first-order chi connectivity index (χ1) is 8.65. The zero-order valence-corrected chi connectivity index (χ0v) is 9.96. The summed E-state index contributed by atoms with van der Waals surface area (Å²) in [6, 6.07) is 6.28. The maximum absolute atomic E-state index is 10.5. The molecule has 1 aromatic heterocycles. The Labute approximate surface area is 108 Å². The van der Waals surface area contributed by atoms with E-state index in [1.807, 2.05) is 0 Å². The minimum atomic E-state index is -0.431. The van der Waals surface area contributed by atoms with Crippen LogP contribution in [0.2, 0.25) is 5.02 Å². The molecular weight excluding hydrogens is 256 g/mol. The average molecular weight is 265 g/mol. The normalized spacial score (nSPS) is 10.1. The molecule has 7 heteroatoms. The number of nitrogens with one attached hydrogen (secondary N) is 1. The minimum absolute atomic E-state index is 0.0708. The largest absolute Gasteiger partial charge is 0.350 e. The van der Waals surface area contributed by atoms with Crippen LogP contribution in [-0.2, 0) is 6.54 Å². The van der Waals surface area contributed by atoms with Gasteiger partial charge < -0.3 is 5.32 Å². The number of benzene rings is 1. The third kappa shape index (κ3) is 3.14. The van der Waals surface area contributed by atoms with Crippen LogP contribution >= 0.6 is 11.6 Å². The Bertz CT molecular complexity index is 542. The van der Waals surface area contributed by atoms with Crippen molar-refractivity contribution in [2.45, 2.75) is 6.54 Å². The number of hydrogen-bond donors (Lipinski definition) is 1. The highest BCUT2D eigenvalue weighted by Gasteiger charge is 2.04. The van der Waals surface area contributed by atoms with E-state index in [9.17, 15) is 10.1 Å². The van der Waals surface area contributed by atoms with E-state index in [-0.39, 0.29) is 5.69 Å². The quantitative estimate of drug-likeness (QED) is 0.678. The van der Waals surface area contributed by atoms with E-state index in [1.54, 1.807) is 12.1 Å². The van der Waals surface area contributed by atoms with Gasteiger partial charge in [-0.15, -0.1) is 0 Å². The summed E-state index contributed by atoms with van der Waals surface area (Å²) >= 11 is 5.66. The molecule has 0 saturated carbocycles. The molecule has 0 aliphatic rings. The van der Waals surface area contributed by atoms with E-state index in [0.717, 1.165) is 5.56 Å². The van der Waals surface area contributed by atoms with Crippen molar-refractivity contribution in [3.05, 3.63) is 57.4 Å². The lowest BCUT2D eigenvalue weighted by Crippen LogP contribution is -2.03. The highest BCUT2D eigenvalue weighted by molar-refractivity contribution is 6.30. The first kappa shape index (κ1) is 12.3. The summed E-state index contributed by atoms with van der Waals surface area (Å²) in [6.45, 7) is 0.486. The number of nitrogens with zero attached hydrogens (tertiary/aromatic N) is 3. The molecular formula is C11H9ClN4O2. The Morgan fingerprint density at radius 2 is 1.83 bits per heavy atom. The molecule has 0 unspecified atom stereocenters. The molecule has 1 heterocycles. The van der Waals surface area contributed by atoms with E-state index in [1.165, 1.54) is 24.5 Å². The van der Waals surface area contributed by atoms with Crippen LogP contribution < -0.4 is 5.32 Å². The van der Waals surface area contributed by atoms with Crippen molar-refractivity contribution in [1.29, 1.82) is 0 Å². The monoisotopic (exact) mass is 264 g/mol. The molecule has 18 heavy (non-hydrogen) atoms. The molecule has 2 rings (SSSR count). The van der Waals surface area contributed by atoms with Crippen LogP contribution in [0.25, 0.3) is 0 Å². The molecule has 0 saturated heterocycles. The van der Waals surface area contributed by atoms with Gasteiger partial charge in [-0.2, -0.15) is 0 Å². The van der Waals surface area contributed by atoms with Crippen LogP contribution in [0.5, 0.6) is 0 Å². The molecule has 0 amide bonds. The van der Waals surface area contributed by atoms with E-state index in [4.69, 9.17) is 11.6 Å². The van der Waals surface area contributed by atoms with E-state index in [2.05, 4.69) is 15.3 Å². The molecule has 0 aliphatic carbocycles. The van der Waals surface area contributed by atoms with Gasteiger partial charge in [-0.3, -0.25) is 10.1 Å². The number of hydrogen-bond acceptors (Lipinski definition) is 5. The molecule has 0 bridgehead atoms. The SMILES string of the molecule is O=[N+]([O-])c1ccc(CNc2ncc(Cl)cn2)cc1. The average Bonchev–Trinajstić information content (AvgIpc) is 2.38. The third-order valence-electron chi connectivity index (χ3n) is 2.22. The highest BCUT2D eigenvalue weighted by Crippen LogP contribution is 2.13. The van der Waals surface area contributed by atoms with E-state index >= 15 is 0 Å². The minimum Gasteiger partial charge on any atom is -0.350 e. The number of rotatable bonds is 4. The van der Waals surface area contributed by atoms with Crippen molar-refractivity contribution in [1.82, 2.24) is 9.97 Å². The van der Waals surface area contributed by atoms with Gasteiger partial charge in [0.15, 0.2) is 0 Å². The van der Waals surface area contributed by atoms with Crippen molar-refractivity contribution in [2.24, 2.45) is 0 Å². The molecule has 0 aliphatic heterocycles. The lowest BCUT2D eigenvalue weighted by Gasteiger charge is -2.04. The molecule has 0 fully saturated rings. The Hall–Kier alpha value is -2.21. The van der Waals surface area contributed by atoms with Gasteiger partial charge in [0.05, 0.1) is 22.3 Å². The predicted octanol–water partition coefficient (Wildman–Crippen LogP) is 2.65. The summed E-state index contributed by atoms with van der Waals surface area (Å²) in [4.78, 5) is 18.0. The Morgan fingerprint density at radius 3 is 2.39 bits per heavy atom. The van der Waals surface area contributed by atoms with Crippen LogP contribution in [0.1, 0.15) is 5.56 Å². The molecule has 0 atom stereocenters. The van der Waals surface area contributed by atoms with Crippen LogP contribution in [0.3, 0.4) is 0 Å². The van der Waals surface area contributed by atoms with Crippen LogP contribution in [0.4, 0.5) is 11.6 Å². The number of anilines is 1. The Morgan fingerprint density at radius 1 is 1.22 bits per heavy atom. The maximum atomic E-state index is 10.5. The van der Waals surface area contributed by atoms with Crippen LogP contribution in [-0.4, -0.2) is 14.9 Å². The second kappa shape index (κ2) is 5.42. The molecule has 92 valence electrons. The number of halogens is 1. The number of aromatic nitrogens is 2. The molecule has 1 N–H and O–H groups in total. The Balaban J connectivity index is 1.97. The predicted molar refractivity (Wildman–Crippen MR) is 67.5 cm³/mol. The summed E-state index contributed by atoms with van der Waals surface area (Å²) in [5.41, 5.74) is 0.973. The van der Waals surface area contributed by atoms with Gasteiger partial charge in [0.1, 0.15) is 0 Å². The second-order valence-electron chi connectivity index (χ2n) is 3.50. The fourth-order valence-corrected chi connectivity index (χ4v) is 1.42. The standard InChI is InChI=1S/C11H9ClN4O2/c12-9-6-14-11(15-7-9)13-5-8-1-3-10(4-2-8)16(17)18/h1-4,6-7H,5H2,(H,13,14,15). The molecule has 1 aromatic carbocycles. The summed E-state index contributed by atoms with van der Waals surface area (Å²) in [7, 11) is 0. The smallest absolute Gasteiger partial charge is 0.269 e. The van der Waals surface area contributed by atoms with Gasteiger partial charge in [-0.25, -0.2) is 9.97 Å². The first-order valence-electron chi connectivity index (χ1n) is 5.10. The molecule has 6 nitrogen and oxygen atoms in total. The fourth-order valence-electron chi connectivity index (χ4n) is 1.32. The van der Waals surface area contributed by atoms with E-state index in [0.29, 0.717) is 17.5 Å². The lowest BCUT2D eigenvalue weighted by atomic mass is 10.2. The molecule has 0 radical (unpaired) electrons.